The third kappa shape index (κ3) is 2.47. The minimum absolute atomic E-state index is 0.238. The number of hydrogen-bond donors (Lipinski definition) is 1. The molecule has 2 N–H and O–H groups in total. The monoisotopic (exact) mass is 233 g/mol. The minimum Gasteiger partial charge on any atom is -0.337 e. The fourth-order valence-electron chi connectivity index (χ4n) is 1.39. The van der Waals surface area contributed by atoms with Gasteiger partial charge in [0.15, 0.2) is 0 Å². The molecule has 0 aliphatic carbocycles. The molecule has 0 radical (unpaired) electrons. The van der Waals surface area contributed by atoms with Crippen molar-refractivity contribution in [1.82, 2.24) is 20.1 Å². The van der Waals surface area contributed by atoms with Crippen LogP contribution in [0.3, 0.4) is 0 Å². The van der Waals surface area contributed by atoms with Crippen LogP contribution in [0.15, 0.2) is 23.1 Å². The third-order valence-corrected chi connectivity index (χ3v) is 2.78. The first kappa shape index (κ1) is 11.7. The second kappa shape index (κ2) is 5.01. The van der Waals surface area contributed by atoms with Crippen molar-refractivity contribution in [1.29, 1.82) is 0 Å². The average Bonchev–Trinajstić information content (AvgIpc) is 2.87. The summed E-state index contributed by atoms with van der Waals surface area (Å²) in [5.41, 5.74) is 6.59. The van der Waals surface area contributed by atoms with E-state index >= 15 is 0 Å². The van der Waals surface area contributed by atoms with Crippen LogP contribution >= 0.6 is 0 Å². The lowest BCUT2D eigenvalue weighted by molar-refractivity contribution is 0.312. The second-order valence-corrected chi connectivity index (χ2v) is 3.96. The van der Waals surface area contributed by atoms with Crippen molar-refractivity contribution in [2.75, 3.05) is 0 Å². The number of nitrogens with two attached hydrogens (primary N) is 1. The molecule has 2 atom stereocenters. The fraction of sp³-hybridized carbons (Fsp3) is 0.455. The topological polar surface area (TPSA) is 90.7 Å². The molecule has 0 aliphatic heterocycles. The van der Waals surface area contributed by atoms with E-state index in [0.29, 0.717) is 23.3 Å². The van der Waals surface area contributed by atoms with E-state index < -0.39 is 0 Å². The summed E-state index contributed by atoms with van der Waals surface area (Å²) in [6.45, 7) is 4.13. The van der Waals surface area contributed by atoms with Crippen molar-refractivity contribution in [2.45, 2.75) is 26.3 Å². The molecule has 0 saturated carbocycles. The fourth-order valence-corrected chi connectivity index (χ4v) is 1.39. The van der Waals surface area contributed by atoms with Gasteiger partial charge in [0.1, 0.15) is 5.69 Å². The number of rotatable bonds is 4. The molecule has 0 saturated heterocycles. The molecule has 17 heavy (non-hydrogen) atoms. The molecule has 0 aliphatic rings. The Kier molecular flexibility index (Phi) is 3.43. The average molecular weight is 233 g/mol. The highest BCUT2D eigenvalue weighted by Gasteiger charge is 2.20. The Morgan fingerprint density at radius 2 is 2.24 bits per heavy atom. The van der Waals surface area contributed by atoms with Gasteiger partial charge in [0.05, 0.1) is 12.2 Å². The summed E-state index contributed by atoms with van der Waals surface area (Å²) in [6, 6.07) is -0.238. The van der Waals surface area contributed by atoms with Crippen LogP contribution in [-0.2, 0) is 0 Å². The van der Waals surface area contributed by atoms with E-state index in [1.165, 1.54) is 0 Å². The summed E-state index contributed by atoms with van der Waals surface area (Å²) in [6.07, 6.45) is 5.72. The van der Waals surface area contributed by atoms with Crippen molar-refractivity contribution in [3.63, 3.8) is 0 Å². The van der Waals surface area contributed by atoms with Gasteiger partial charge in [-0.1, -0.05) is 25.4 Å². The van der Waals surface area contributed by atoms with Crippen LogP contribution in [0.1, 0.15) is 32.2 Å². The lowest BCUT2D eigenvalue weighted by Gasteiger charge is -2.12. The molecular formula is C11H15N5O. The Bertz CT molecular complexity index is 470. The molecule has 0 bridgehead atoms. The van der Waals surface area contributed by atoms with E-state index in [0.717, 1.165) is 6.42 Å². The first-order valence-electron chi connectivity index (χ1n) is 5.58. The Morgan fingerprint density at radius 1 is 1.41 bits per heavy atom. The number of hydrogen-bond acceptors (Lipinski definition) is 6. The van der Waals surface area contributed by atoms with Crippen LogP contribution in [0.2, 0.25) is 0 Å². The zero-order chi connectivity index (χ0) is 12.3. The van der Waals surface area contributed by atoms with Crippen molar-refractivity contribution in [3.05, 3.63) is 24.5 Å². The molecule has 0 spiro atoms. The van der Waals surface area contributed by atoms with Crippen LogP contribution in [0, 0.1) is 5.92 Å². The summed E-state index contributed by atoms with van der Waals surface area (Å²) in [5.74, 6) is 1.16. The van der Waals surface area contributed by atoms with Gasteiger partial charge >= 0.3 is 0 Å². The minimum atomic E-state index is -0.238. The summed E-state index contributed by atoms with van der Waals surface area (Å²) in [4.78, 5) is 12.3. The first-order chi connectivity index (χ1) is 8.22. The van der Waals surface area contributed by atoms with Crippen molar-refractivity contribution in [3.8, 4) is 11.5 Å². The van der Waals surface area contributed by atoms with Gasteiger partial charge in [-0.3, -0.25) is 4.98 Å². The van der Waals surface area contributed by atoms with Gasteiger partial charge in [-0.25, -0.2) is 4.98 Å². The summed E-state index contributed by atoms with van der Waals surface area (Å²) < 4.78 is 5.15. The third-order valence-electron chi connectivity index (χ3n) is 2.78. The maximum absolute atomic E-state index is 6.01. The Morgan fingerprint density at radius 3 is 2.88 bits per heavy atom. The molecule has 2 rings (SSSR count). The summed E-state index contributed by atoms with van der Waals surface area (Å²) >= 11 is 0. The predicted octanol–water partition coefficient (Wildman–Crippen LogP) is 1.57. The molecule has 0 fully saturated rings. The maximum atomic E-state index is 6.01. The molecule has 0 amide bonds. The summed E-state index contributed by atoms with van der Waals surface area (Å²) in [5, 5.41) is 3.86. The quantitative estimate of drug-likeness (QED) is 0.861. The molecular weight excluding hydrogens is 218 g/mol. The van der Waals surface area contributed by atoms with Gasteiger partial charge in [0.25, 0.3) is 0 Å². The molecule has 2 aromatic rings. The Labute approximate surface area is 99.3 Å². The maximum Gasteiger partial charge on any atom is 0.244 e. The smallest absolute Gasteiger partial charge is 0.244 e. The molecule has 0 aromatic carbocycles. The Balaban J connectivity index is 2.22. The Hall–Kier alpha value is -1.82. The first-order valence-corrected chi connectivity index (χ1v) is 5.58. The van der Waals surface area contributed by atoms with Crippen molar-refractivity contribution in [2.24, 2.45) is 11.7 Å². The van der Waals surface area contributed by atoms with E-state index in [9.17, 15) is 0 Å². The van der Waals surface area contributed by atoms with Gasteiger partial charge < -0.3 is 10.3 Å². The van der Waals surface area contributed by atoms with Gasteiger partial charge in [0, 0.05) is 12.4 Å². The van der Waals surface area contributed by atoms with E-state index in [1.54, 1.807) is 18.6 Å². The van der Waals surface area contributed by atoms with Gasteiger partial charge in [0.2, 0.25) is 11.7 Å². The number of aromatic nitrogens is 4. The van der Waals surface area contributed by atoms with Crippen molar-refractivity contribution < 1.29 is 4.52 Å². The van der Waals surface area contributed by atoms with Crippen LogP contribution in [0.4, 0.5) is 0 Å². The van der Waals surface area contributed by atoms with E-state index in [1.807, 2.05) is 0 Å². The summed E-state index contributed by atoms with van der Waals surface area (Å²) in [7, 11) is 0. The molecule has 2 aromatic heterocycles. The zero-order valence-electron chi connectivity index (χ0n) is 9.87. The van der Waals surface area contributed by atoms with Crippen molar-refractivity contribution >= 4 is 0 Å². The van der Waals surface area contributed by atoms with Crippen LogP contribution in [0.5, 0.6) is 0 Å². The van der Waals surface area contributed by atoms with Gasteiger partial charge in [-0.05, 0) is 5.92 Å². The van der Waals surface area contributed by atoms with Crippen LogP contribution in [0.25, 0.3) is 11.5 Å². The van der Waals surface area contributed by atoms with Gasteiger partial charge in [-0.15, -0.1) is 0 Å². The highest BCUT2D eigenvalue weighted by molar-refractivity contribution is 5.45. The molecule has 6 nitrogen and oxygen atoms in total. The standard InChI is InChI=1S/C11H15N5O/c1-3-7(2)9(12)11-15-10(16-17-11)8-6-13-4-5-14-8/h4-7,9H,3,12H2,1-2H3/t7-,9-/m0/s1. The van der Waals surface area contributed by atoms with E-state index in [2.05, 4.69) is 34.0 Å². The zero-order valence-corrected chi connectivity index (χ0v) is 9.87. The van der Waals surface area contributed by atoms with Crippen LogP contribution < -0.4 is 5.73 Å². The van der Waals surface area contributed by atoms with Gasteiger partial charge in [-0.2, -0.15) is 4.98 Å². The second-order valence-electron chi connectivity index (χ2n) is 3.96. The highest BCUT2D eigenvalue weighted by atomic mass is 16.5. The predicted molar refractivity (Wildman–Crippen MR) is 61.7 cm³/mol. The SMILES string of the molecule is CC[C@H](C)[C@H](N)c1nc(-c2cnccn2)no1. The lowest BCUT2D eigenvalue weighted by Crippen LogP contribution is -2.18. The molecule has 6 heteroatoms. The van der Waals surface area contributed by atoms with Crippen LogP contribution in [-0.4, -0.2) is 20.1 Å². The molecule has 0 unspecified atom stereocenters. The van der Waals surface area contributed by atoms with E-state index in [4.69, 9.17) is 10.3 Å². The normalized spacial score (nSPS) is 14.5. The van der Waals surface area contributed by atoms with E-state index in [-0.39, 0.29) is 6.04 Å². The largest absolute Gasteiger partial charge is 0.337 e. The molecule has 90 valence electrons. The lowest BCUT2D eigenvalue weighted by atomic mass is 10.0. The highest BCUT2D eigenvalue weighted by Crippen LogP contribution is 2.22. The molecule has 2 heterocycles. The number of nitrogens with zero attached hydrogens (tertiary/aromatic N) is 4.